The summed E-state index contributed by atoms with van der Waals surface area (Å²) in [4.78, 5) is 4.81. The number of para-hydroxylation sites is 1. The van der Waals surface area contributed by atoms with Crippen molar-refractivity contribution < 1.29 is 4.74 Å². The Morgan fingerprint density at radius 2 is 2.11 bits per heavy atom. The smallest absolute Gasteiger partial charge is 0.145 e. The fourth-order valence-corrected chi connectivity index (χ4v) is 3.14. The van der Waals surface area contributed by atoms with Crippen molar-refractivity contribution in [3.05, 3.63) is 35.0 Å². The van der Waals surface area contributed by atoms with Gasteiger partial charge in [-0.3, -0.25) is 0 Å². The quantitative estimate of drug-likeness (QED) is 0.766. The highest BCUT2D eigenvalue weighted by molar-refractivity contribution is 6.18. The maximum absolute atomic E-state index is 6.17. The van der Waals surface area contributed by atoms with Crippen molar-refractivity contribution in [1.82, 2.24) is 4.98 Å². The van der Waals surface area contributed by atoms with Gasteiger partial charge in [-0.05, 0) is 42.9 Å². The van der Waals surface area contributed by atoms with E-state index in [0.29, 0.717) is 5.88 Å². The predicted octanol–water partition coefficient (Wildman–Crippen LogP) is 3.86. The minimum absolute atomic E-state index is 0.550. The van der Waals surface area contributed by atoms with Crippen LogP contribution in [0.4, 0.5) is 0 Å². The molecule has 1 aliphatic rings. The zero-order valence-electron chi connectivity index (χ0n) is 10.5. The highest BCUT2D eigenvalue weighted by Gasteiger charge is 2.18. The average molecular weight is 262 g/mol. The number of methoxy groups -OCH3 is 1. The summed E-state index contributed by atoms with van der Waals surface area (Å²) in [6.07, 6.45) is 4.64. The van der Waals surface area contributed by atoms with Crippen LogP contribution in [0.15, 0.2) is 18.2 Å². The molecule has 0 radical (unpaired) electrons. The largest absolute Gasteiger partial charge is 0.494 e. The summed E-state index contributed by atoms with van der Waals surface area (Å²) >= 11 is 6.17. The fourth-order valence-electron chi connectivity index (χ4n) is 2.83. The summed E-state index contributed by atoms with van der Waals surface area (Å²) < 4.78 is 5.41. The lowest BCUT2D eigenvalue weighted by molar-refractivity contribution is 0.418. The number of aromatic nitrogens is 1. The van der Waals surface area contributed by atoms with Gasteiger partial charge in [0.15, 0.2) is 0 Å². The molecule has 94 valence electrons. The molecule has 1 heterocycles. The van der Waals surface area contributed by atoms with E-state index in [1.54, 1.807) is 7.11 Å². The monoisotopic (exact) mass is 261 g/mol. The van der Waals surface area contributed by atoms with Gasteiger partial charge < -0.3 is 4.74 Å². The van der Waals surface area contributed by atoms with Crippen molar-refractivity contribution >= 4 is 22.5 Å². The van der Waals surface area contributed by atoms with Gasteiger partial charge in [-0.1, -0.05) is 12.1 Å². The molecule has 0 unspecified atom stereocenters. The first kappa shape index (κ1) is 11.8. The minimum atomic E-state index is 0.550. The third-order valence-corrected chi connectivity index (χ3v) is 3.99. The number of hydrogen-bond acceptors (Lipinski definition) is 2. The number of benzene rings is 1. The first-order valence-corrected chi connectivity index (χ1v) is 6.92. The first-order chi connectivity index (χ1) is 8.85. The molecule has 3 rings (SSSR count). The predicted molar refractivity (Wildman–Crippen MR) is 74.5 cm³/mol. The van der Waals surface area contributed by atoms with Gasteiger partial charge in [0.05, 0.1) is 7.11 Å². The standard InChI is InChI=1S/C15H16ClNO/c1-18-14-8-4-6-11-12(9-16)10-5-2-3-7-13(10)17-15(11)14/h4,6,8H,2-3,5,7,9H2,1H3. The third kappa shape index (κ3) is 1.76. The van der Waals surface area contributed by atoms with E-state index in [9.17, 15) is 0 Å². The normalized spacial score (nSPS) is 14.6. The van der Waals surface area contributed by atoms with Crippen LogP contribution in [-0.4, -0.2) is 12.1 Å². The van der Waals surface area contributed by atoms with Crippen molar-refractivity contribution in [2.24, 2.45) is 0 Å². The minimum Gasteiger partial charge on any atom is -0.494 e. The molecule has 1 aromatic carbocycles. The van der Waals surface area contributed by atoms with E-state index in [1.165, 1.54) is 29.7 Å². The summed E-state index contributed by atoms with van der Waals surface area (Å²) in [5.74, 6) is 1.39. The maximum atomic E-state index is 6.17. The van der Waals surface area contributed by atoms with E-state index in [-0.39, 0.29) is 0 Å². The Labute approximate surface area is 112 Å². The zero-order chi connectivity index (χ0) is 12.5. The van der Waals surface area contributed by atoms with Crippen LogP contribution >= 0.6 is 11.6 Å². The van der Waals surface area contributed by atoms with E-state index in [1.807, 2.05) is 12.1 Å². The molecule has 1 aliphatic carbocycles. The highest BCUT2D eigenvalue weighted by Crippen LogP contribution is 2.33. The van der Waals surface area contributed by atoms with Gasteiger partial charge in [-0.25, -0.2) is 4.98 Å². The molecule has 0 atom stereocenters. The first-order valence-electron chi connectivity index (χ1n) is 6.38. The number of nitrogens with zero attached hydrogens (tertiary/aromatic N) is 1. The molecule has 0 fully saturated rings. The molecular formula is C15H16ClNO. The van der Waals surface area contributed by atoms with Gasteiger partial charge in [0, 0.05) is 17.0 Å². The Hall–Kier alpha value is -1.28. The van der Waals surface area contributed by atoms with Crippen LogP contribution in [0, 0.1) is 0 Å². The van der Waals surface area contributed by atoms with Gasteiger partial charge in [-0.2, -0.15) is 0 Å². The van der Waals surface area contributed by atoms with Gasteiger partial charge in [0.1, 0.15) is 11.3 Å². The summed E-state index contributed by atoms with van der Waals surface area (Å²) in [7, 11) is 1.69. The van der Waals surface area contributed by atoms with Crippen LogP contribution in [-0.2, 0) is 18.7 Å². The molecule has 0 spiro atoms. The molecule has 2 aromatic rings. The fraction of sp³-hybridized carbons (Fsp3) is 0.400. The van der Waals surface area contributed by atoms with Crippen molar-refractivity contribution in [3.63, 3.8) is 0 Å². The van der Waals surface area contributed by atoms with E-state index < -0.39 is 0 Å². The number of hydrogen-bond donors (Lipinski definition) is 0. The Kier molecular flexibility index (Phi) is 3.13. The lowest BCUT2D eigenvalue weighted by Crippen LogP contribution is -2.09. The molecule has 0 bridgehead atoms. The van der Waals surface area contributed by atoms with Crippen molar-refractivity contribution in [2.45, 2.75) is 31.6 Å². The summed E-state index contributed by atoms with van der Waals surface area (Å²) in [6, 6.07) is 6.06. The molecule has 3 heteroatoms. The van der Waals surface area contributed by atoms with Gasteiger partial charge in [-0.15, -0.1) is 11.6 Å². The second kappa shape index (κ2) is 4.77. The summed E-state index contributed by atoms with van der Waals surface area (Å²) in [5.41, 5.74) is 4.79. The molecule has 0 N–H and O–H groups in total. The van der Waals surface area contributed by atoms with Crippen LogP contribution in [0.1, 0.15) is 29.7 Å². The van der Waals surface area contributed by atoms with Crippen molar-refractivity contribution in [2.75, 3.05) is 7.11 Å². The van der Waals surface area contributed by atoms with E-state index >= 15 is 0 Å². The van der Waals surface area contributed by atoms with Gasteiger partial charge >= 0.3 is 0 Å². The van der Waals surface area contributed by atoms with E-state index in [2.05, 4.69) is 6.07 Å². The lowest BCUT2D eigenvalue weighted by Gasteiger charge is -2.20. The zero-order valence-corrected chi connectivity index (χ0v) is 11.3. The van der Waals surface area contributed by atoms with Gasteiger partial charge in [0.2, 0.25) is 0 Å². The molecule has 0 aliphatic heterocycles. The second-order valence-electron chi connectivity index (χ2n) is 4.71. The van der Waals surface area contributed by atoms with Crippen molar-refractivity contribution in [3.8, 4) is 5.75 Å². The lowest BCUT2D eigenvalue weighted by atomic mass is 9.90. The van der Waals surface area contributed by atoms with E-state index in [0.717, 1.165) is 29.5 Å². The number of ether oxygens (including phenoxy) is 1. The number of aryl methyl sites for hydroxylation is 1. The van der Waals surface area contributed by atoms with Crippen LogP contribution < -0.4 is 4.74 Å². The highest BCUT2D eigenvalue weighted by atomic mass is 35.5. The topological polar surface area (TPSA) is 22.1 Å². The molecule has 2 nitrogen and oxygen atoms in total. The average Bonchev–Trinajstić information content (AvgIpc) is 2.44. The second-order valence-corrected chi connectivity index (χ2v) is 4.98. The molecule has 1 aromatic heterocycles. The van der Waals surface area contributed by atoms with Crippen LogP contribution in [0.2, 0.25) is 0 Å². The van der Waals surface area contributed by atoms with Gasteiger partial charge in [0.25, 0.3) is 0 Å². The SMILES string of the molecule is COc1cccc2c(CCl)c3c(nc12)CCCC3. The molecule has 18 heavy (non-hydrogen) atoms. The molecular weight excluding hydrogens is 246 g/mol. The number of pyridine rings is 1. The van der Waals surface area contributed by atoms with Crippen LogP contribution in [0.25, 0.3) is 10.9 Å². The molecule has 0 saturated carbocycles. The number of rotatable bonds is 2. The molecule has 0 saturated heterocycles. The Bertz CT molecular complexity index is 595. The number of alkyl halides is 1. The number of fused-ring (bicyclic) bond motifs is 2. The number of halogens is 1. The molecule has 0 amide bonds. The van der Waals surface area contributed by atoms with Crippen LogP contribution in [0.5, 0.6) is 5.75 Å². The summed E-state index contributed by atoms with van der Waals surface area (Å²) in [5, 5.41) is 1.14. The third-order valence-electron chi connectivity index (χ3n) is 3.73. The van der Waals surface area contributed by atoms with Crippen LogP contribution in [0.3, 0.4) is 0 Å². The summed E-state index contributed by atoms with van der Waals surface area (Å²) in [6.45, 7) is 0. The Morgan fingerprint density at radius 3 is 2.89 bits per heavy atom. The Balaban J connectivity index is 2.36. The maximum Gasteiger partial charge on any atom is 0.145 e. The Morgan fingerprint density at radius 1 is 1.28 bits per heavy atom. The van der Waals surface area contributed by atoms with Crippen molar-refractivity contribution in [1.29, 1.82) is 0 Å². The van der Waals surface area contributed by atoms with E-state index in [4.69, 9.17) is 21.3 Å².